The number of nitro groups is 1. The lowest BCUT2D eigenvalue weighted by Gasteiger charge is -2.40. The van der Waals surface area contributed by atoms with Crippen LogP contribution in [0.1, 0.15) is 45.1 Å². The molecule has 1 heterocycles. The lowest BCUT2D eigenvalue weighted by Crippen LogP contribution is -2.48. The zero-order chi connectivity index (χ0) is 21.1. The number of rotatable bonds is 5. The molecule has 7 heteroatoms. The van der Waals surface area contributed by atoms with E-state index in [1.165, 1.54) is 0 Å². The predicted molar refractivity (Wildman–Crippen MR) is 111 cm³/mol. The van der Waals surface area contributed by atoms with Crippen LogP contribution in [0.15, 0.2) is 29.3 Å². The molecule has 29 heavy (non-hydrogen) atoms. The van der Waals surface area contributed by atoms with Crippen molar-refractivity contribution in [2.45, 2.75) is 51.7 Å². The highest BCUT2D eigenvalue weighted by atomic mass is 16.6. The van der Waals surface area contributed by atoms with E-state index in [1.807, 2.05) is 43.3 Å². The minimum absolute atomic E-state index is 0.00235. The lowest BCUT2D eigenvalue weighted by molar-refractivity contribution is -0.483. The molecule has 7 nitrogen and oxygen atoms in total. The quantitative estimate of drug-likeness (QED) is 0.431. The molecule has 4 rings (SSSR count). The van der Waals surface area contributed by atoms with Gasteiger partial charge in [0.2, 0.25) is 6.54 Å². The fourth-order valence-electron chi connectivity index (χ4n) is 5.59. The summed E-state index contributed by atoms with van der Waals surface area (Å²) in [6.07, 6.45) is 1.74. The summed E-state index contributed by atoms with van der Waals surface area (Å²) in [6.45, 7) is 6.28. The minimum atomic E-state index is -0.865. The standard InChI is InChI=1S/C22H29N3O4/c1-21(2)16-10-11-22(21,3)19-18(16)23-17(20(26)29-19)15(12-25(27)28)13-6-8-14(9-7-13)24(4)5/h6-9,15-17,19H,10-12H2,1-5H3/t15-,16+,17+,19+,22-/m0/s1. The molecule has 0 aromatic heterocycles. The van der Waals surface area contributed by atoms with Crippen molar-refractivity contribution in [3.05, 3.63) is 39.9 Å². The largest absolute Gasteiger partial charge is 0.454 e. The Labute approximate surface area is 171 Å². The number of carbonyl (C=O) groups is 1. The number of hydrogen-bond acceptors (Lipinski definition) is 6. The van der Waals surface area contributed by atoms with E-state index in [9.17, 15) is 14.9 Å². The molecule has 156 valence electrons. The number of carbonyl (C=O) groups excluding carboxylic acids is 1. The van der Waals surface area contributed by atoms with Crippen LogP contribution in [0.25, 0.3) is 0 Å². The van der Waals surface area contributed by atoms with Crippen LogP contribution in [0.2, 0.25) is 0 Å². The van der Waals surface area contributed by atoms with Gasteiger partial charge < -0.3 is 9.64 Å². The average Bonchev–Trinajstić information content (AvgIpc) is 2.98. The number of anilines is 1. The molecule has 0 saturated heterocycles. The summed E-state index contributed by atoms with van der Waals surface area (Å²) in [7, 11) is 3.87. The van der Waals surface area contributed by atoms with Gasteiger partial charge in [-0.25, -0.2) is 4.79 Å². The molecular formula is C22H29N3O4. The topological polar surface area (TPSA) is 85.0 Å². The molecule has 5 atom stereocenters. The Bertz CT molecular complexity index is 877. The van der Waals surface area contributed by atoms with Crippen molar-refractivity contribution in [3.63, 3.8) is 0 Å². The molecule has 2 saturated carbocycles. The van der Waals surface area contributed by atoms with E-state index in [1.54, 1.807) is 0 Å². The summed E-state index contributed by atoms with van der Waals surface area (Å²) >= 11 is 0. The Morgan fingerprint density at radius 2 is 1.93 bits per heavy atom. The maximum atomic E-state index is 13.0. The summed E-state index contributed by atoms with van der Waals surface area (Å²) in [4.78, 5) is 30.9. The van der Waals surface area contributed by atoms with Crippen LogP contribution in [0, 0.1) is 26.9 Å². The molecule has 1 aromatic carbocycles. The monoisotopic (exact) mass is 399 g/mol. The maximum absolute atomic E-state index is 13.0. The number of ether oxygens (including phenoxy) is 1. The second-order valence-corrected chi connectivity index (χ2v) is 9.65. The van der Waals surface area contributed by atoms with Crippen LogP contribution in [-0.4, -0.2) is 49.4 Å². The number of hydrogen-bond donors (Lipinski definition) is 0. The van der Waals surface area contributed by atoms with E-state index in [0.29, 0.717) is 0 Å². The van der Waals surface area contributed by atoms with E-state index in [-0.39, 0.29) is 34.3 Å². The van der Waals surface area contributed by atoms with Gasteiger partial charge in [-0.15, -0.1) is 0 Å². The van der Waals surface area contributed by atoms with Crippen LogP contribution in [0.3, 0.4) is 0 Å². The molecule has 0 spiro atoms. The van der Waals surface area contributed by atoms with Crippen molar-refractivity contribution in [1.29, 1.82) is 0 Å². The third kappa shape index (κ3) is 2.85. The maximum Gasteiger partial charge on any atom is 0.332 e. The van der Waals surface area contributed by atoms with Gasteiger partial charge in [0.05, 0.1) is 11.6 Å². The van der Waals surface area contributed by atoms with Gasteiger partial charge in [0, 0.05) is 36.0 Å². The highest BCUT2D eigenvalue weighted by Gasteiger charge is 2.68. The molecule has 0 N–H and O–H groups in total. The van der Waals surface area contributed by atoms with Crippen LogP contribution >= 0.6 is 0 Å². The zero-order valence-corrected chi connectivity index (χ0v) is 17.7. The van der Waals surface area contributed by atoms with E-state index < -0.39 is 17.9 Å². The third-order valence-electron chi connectivity index (χ3n) is 7.83. The number of esters is 1. The van der Waals surface area contributed by atoms with Crippen LogP contribution in [0.4, 0.5) is 5.69 Å². The van der Waals surface area contributed by atoms with Crippen LogP contribution in [-0.2, 0) is 9.53 Å². The lowest BCUT2D eigenvalue weighted by atomic mass is 9.70. The summed E-state index contributed by atoms with van der Waals surface area (Å²) in [5, 5.41) is 11.4. The number of fused-ring (bicyclic) bond motifs is 5. The highest BCUT2D eigenvalue weighted by Crippen LogP contribution is 2.65. The summed E-state index contributed by atoms with van der Waals surface area (Å²) in [5.41, 5.74) is 2.55. The number of benzene rings is 1. The molecule has 2 aliphatic carbocycles. The first kappa shape index (κ1) is 19.9. The Morgan fingerprint density at radius 3 is 2.52 bits per heavy atom. The van der Waals surface area contributed by atoms with E-state index in [4.69, 9.17) is 9.73 Å². The van der Waals surface area contributed by atoms with Gasteiger partial charge in [0.1, 0.15) is 6.10 Å². The van der Waals surface area contributed by atoms with Crippen LogP contribution in [0.5, 0.6) is 0 Å². The van der Waals surface area contributed by atoms with Crippen molar-refractivity contribution in [2.75, 3.05) is 25.5 Å². The minimum Gasteiger partial charge on any atom is -0.454 e. The molecule has 2 fully saturated rings. The fraction of sp³-hybridized carbons (Fsp3) is 0.636. The van der Waals surface area contributed by atoms with Crippen molar-refractivity contribution >= 4 is 17.4 Å². The van der Waals surface area contributed by atoms with Crippen LogP contribution < -0.4 is 4.90 Å². The van der Waals surface area contributed by atoms with Crippen molar-refractivity contribution in [3.8, 4) is 0 Å². The van der Waals surface area contributed by atoms with E-state index in [0.717, 1.165) is 29.8 Å². The first-order valence-corrected chi connectivity index (χ1v) is 10.2. The predicted octanol–water partition coefficient (Wildman–Crippen LogP) is 3.30. The van der Waals surface area contributed by atoms with E-state index >= 15 is 0 Å². The van der Waals surface area contributed by atoms with Crippen molar-refractivity contribution < 1.29 is 14.5 Å². The normalized spacial score (nSPS) is 32.9. The van der Waals surface area contributed by atoms with E-state index in [2.05, 4.69) is 20.8 Å². The Hall–Kier alpha value is -2.44. The number of nitrogens with zero attached hydrogens (tertiary/aromatic N) is 3. The second kappa shape index (κ2) is 6.54. The van der Waals surface area contributed by atoms with Crippen molar-refractivity contribution in [2.24, 2.45) is 21.7 Å². The third-order valence-corrected chi connectivity index (χ3v) is 7.83. The zero-order valence-electron chi connectivity index (χ0n) is 17.7. The fourth-order valence-corrected chi connectivity index (χ4v) is 5.59. The van der Waals surface area contributed by atoms with Gasteiger partial charge in [-0.05, 0) is 36.0 Å². The first-order valence-electron chi connectivity index (χ1n) is 10.2. The summed E-state index contributed by atoms with van der Waals surface area (Å²) < 4.78 is 5.94. The van der Waals surface area contributed by atoms with Crippen molar-refractivity contribution in [1.82, 2.24) is 0 Å². The molecule has 1 aromatic rings. The van der Waals surface area contributed by atoms with Gasteiger partial charge in [0.15, 0.2) is 6.04 Å². The summed E-state index contributed by atoms with van der Waals surface area (Å²) in [5.74, 6) is -0.815. The Morgan fingerprint density at radius 1 is 1.28 bits per heavy atom. The smallest absolute Gasteiger partial charge is 0.332 e. The molecule has 0 radical (unpaired) electrons. The Balaban J connectivity index is 1.72. The summed E-state index contributed by atoms with van der Waals surface area (Å²) in [6, 6.07) is 6.67. The molecule has 1 aliphatic heterocycles. The second-order valence-electron chi connectivity index (χ2n) is 9.65. The van der Waals surface area contributed by atoms with Gasteiger partial charge in [-0.2, -0.15) is 0 Å². The van der Waals surface area contributed by atoms with Gasteiger partial charge in [0.25, 0.3) is 0 Å². The van der Waals surface area contributed by atoms with Gasteiger partial charge >= 0.3 is 5.97 Å². The first-order chi connectivity index (χ1) is 13.6. The number of aliphatic imine (C=N–C) groups is 1. The molecule has 3 aliphatic rings. The Kier molecular flexibility index (Phi) is 4.48. The molecule has 0 unspecified atom stereocenters. The molecule has 0 amide bonds. The SMILES string of the molecule is CN(C)c1ccc([C@H](C[N+](=O)[O-])[C@H]2N=C3[C@H]4CC[C@@](C)([C@@H]3OC2=O)C4(C)C)cc1. The molecule has 2 bridgehead atoms. The van der Waals surface area contributed by atoms with Gasteiger partial charge in [-0.3, -0.25) is 15.1 Å². The highest BCUT2D eigenvalue weighted by molar-refractivity contribution is 6.01. The van der Waals surface area contributed by atoms with Gasteiger partial charge in [-0.1, -0.05) is 32.9 Å². The molecular weight excluding hydrogens is 370 g/mol. The average molecular weight is 399 g/mol.